The summed E-state index contributed by atoms with van der Waals surface area (Å²) in [6.45, 7) is 2.21. The van der Waals surface area contributed by atoms with E-state index in [4.69, 9.17) is 29.9 Å². The van der Waals surface area contributed by atoms with Gasteiger partial charge in [0.1, 0.15) is 0 Å². The number of hydrogen-bond donors (Lipinski definition) is 0. The van der Waals surface area contributed by atoms with Gasteiger partial charge in [0.25, 0.3) is 0 Å². The van der Waals surface area contributed by atoms with Crippen molar-refractivity contribution < 1.29 is 0 Å². The molecule has 5 heterocycles. The molecule has 8 nitrogen and oxygen atoms in total. The number of pyridine rings is 2. The van der Waals surface area contributed by atoms with Crippen molar-refractivity contribution in [3.05, 3.63) is 472 Å². The zero-order valence-corrected chi connectivity index (χ0v) is 71.7. The average molecular weight is 1670 g/mol. The molecule has 614 valence electrons. The molecule has 0 saturated heterocycles. The molecular formula is C123H82N8. The lowest BCUT2D eigenvalue weighted by Gasteiger charge is -2.19. The second-order valence-corrected chi connectivity index (χ2v) is 33.4. The number of para-hydroxylation sites is 2. The number of nitrogens with zero attached hydrogens (tertiary/aromatic N) is 8. The summed E-state index contributed by atoms with van der Waals surface area (Å²) >= 11 is 0. The minimum absolute atomic E-state index is 0.227. The molecular weight excluding hydrogens is 1590 g/mol. The highest BCUT2D eigenvalue weighted by Gasteiger charge is 2.29. The van der Waals surface area contributed by atoms with Crippen LogP contribution in [0.1, 0.15) is 30.4 Å². The smallest absolute Gasteiger partial charge is 0.164 e. The topological polar surface area (TPSA) is 103 Å². The van der Waals surface area contributed by atoms with Crippen molar-refractivity contribution >= 4 is 108 Å². The number of aromatic nitrogens is 7. The van der Waals surface area contributed by atoms with Gasteiger partial charge in [-0.3, -0.25) is 15.0 Å². The Morgan fingerprint density at radius 1 is 0.214 bits per heavy atom. The van der Waals surface area contributed by atoms with Crippen LogP contribution in [0.25, 0.3) is 221 Å². The zero-order chi connectivity index (χ0) is 87.1. The molecule has 0 spiro atoms. The third kappa shape index (κ3) is 15.1. The molecule has 131 heavy (non-hydrogen) atoms. The van der Waals surface area contributed by atoms with Crippen molar-refractivity contribution in [2.75, 3.05) is 0 Å². The van der Waals surface area contributed by atoms with Gasteiger partial charge in [-0.05, 0) is 197 Å². The highest BCUT2D eigenvalue weighted by molar-refractivity contribution is 6.22. The van der Waals surface area contributed by atoms with E-state index < -0.39 is 0 Å². The summed E-state index contributed by atoms with van der Waals surface area (Å²) in [5, 5.41) is 20.5. The number of rotatable bonds is 13. The number of fused-ring (bicyclic) bond motifs is 12. The van der Waals surface area contributed by atoms with Crippen molar-refractivity contribution in [1.29, 1.82) is 0 Å². The lowest BCUT2D eigenvalue weighted by atomic mass is 9.84. The van der Waals surface area contributed by atoms with Gasteiger partial charge in [0.05, 0.1) is 28.3 Å². The van der Waals surface area contributed by atoms with Crippen molar-refractivity contribution in [2.45, 2.75) is 19.3 Å². The van der Waals surface area contributed by atoms with Crippen LogP contribution in [0, 0.1) is 0 Å². The number of hydrogen-bond acceptors (Lipinski definition) is 8. The summed E-state index contributed by atoms with van der Waals surface area (Å²) < 4.78 is 0. The predicted octanol–water partition coefficient (Wildman–Crippen LogP) is 32.2. The van der Waals surface area contributed by atoms with Crippen LogP contribution in [0.15, 0.2) is 466 Å². The predicted molar refractivity (Wildman–Crippen MR) is 547 cm³/mol. The zero-order valence-electron chi connectivity index (χ0n) is 71.7. The Morgan fingerprint density at radius 3 is 1.14 bits per heavy atom. The first-order valence-corrected chi connectivity index (χ1v) is 44.7. The van der Waals surface area contributed by atoms with E-state index in [-0.39, 0.29) is 5.92 Å². The molecule has 0 bridgehead atoms. The first-order chi connectivity index (χ1) is 64.9. The van der Waals surface area contributed by atoms with Crippen molar-refractivity contribution in [1.82, 2.24) is 34.9 Å². The Labute approximate surface area is 758 Å². The van der Waals surface area contributed by atoms with Crippen LogP contribution in [0.4, 0.5) is 5.69 Å². The van der Waals surface area contributed by atoms with Crippen LogP contribution >= 0.6 is 0 Å². The Hall–Kier alpha value is -17.2. The lowest BCUT2D eigenvalue weighted by Crippen LogP contribution is -2.08. The van der Waals surface area contributed by atoms with Gasteiger partial charge in [0.2, 0.25) is 0 Å². The van der Waals surface area contributed by atoms with Crippen molar-refractivity contribution in [2.24, 2.45) is 4.99 Å². The third-order valence-corrected chi connectivity index (χ3v) is 25.6. The first-order valence-electron chi connectivity index (χ1n) is 44.7. The van der Waals surface area contributed by atoms with Crippen molar-refractivity contribution in [3.63, 3.8) is 0 Å². The maximum Gasteiger partial charge on any atom is 0.164 e. The van der Waals surface area contributed by atoms with E-state index in [1.165, 1.54) is 126 Å². The molecule has 0 fully saturated rings. The van der Waals surface area contributed by atoms with E-state index in [0.29, 0.717) is 23.3 Å². The molecule has 0 amide bonds. The quantitative estimate of drug-likeness (QED) is 0.0837. The van der Waals surface area contributed by atoms with Crippen LogP contribution in [-0.4, -0.2) is 40.6 Å². The van der Waals surface area contributed by atoms with E-state index in [9.17, 15) is 0 Å². The molecule has 0 aliphatic carbocycles. The Kier molecular flexibility index (Phi) is 20.5. The molecule has 0 N–H and O–H groups in total. The van der Waals surface area contributed by atoms with Gasteiger partial charge >= 0.3 is 0 Å². The van der Waals surface area contributed by atoms with Crippen molar-refractivity contribution in [3.8, 4) is 124 Å². The maximum atomic E-state index is 5.27. The van der Waals surface area contributed by atoms with Crippen LogP contribution in [-0.2, 0) is 0 Å². The fraction of sp³-hybridized carbons (Fsp3) is 0.0244. The van der Waals surface area contributed by atoms with E-state index in [0.717, 1.165) is 101 Å². The fourth-order valence-corrected chi connectivity index (χ4v) is 19.2. The van der Waals surface area contributed by atoms with Gasteiger partial charge in [-0.25, -0.2) is 24.9 Å². The van der Waals surface area contributed by atoms with E-state index in [1.54, 1.807) is 0 Å². The molecule has 0 saturated carbocycles. The van der Waals surface area contributed by atoms with E-state index >= 15 is 0 Å². The molecule has 1 aliphatic rings. The van der Waals surface area contributed by atoms with E-state index in [1.807, 2.05) is 36.7 Å². The summed E-state index contributed by atoms with van der Waals surface area (Å²) in [5.74, 6) is 2.85. The number of aliphatic imine (C=N–C) groups is 1. The molecule has 25 rings (SSSR count). The van der Waals surface area contributed by atoms with E-state index in [2.05, 4.69) is 442 Å². The molecule has 1 unspecified atom stereocenters. The van der Waals surface area contributed by atoms with Crippen LogP contribution in [0.2, 0.25) is 0 Å². The molecule has 1 aliphatic heterocycles. The summed E-state index contributed by atoms with van der Waals surface area (Å²) in [6.07, 6.45) is 4.61. The summed E-state index contributed by atoms with van der Waals surface area (Å²) in [7, 11) is 0. The molecule has 0 radical (unpaired) electrons. The van der Waals surface area contributed by atoms with Gasteiger partial charge in [0, 0.05) is 73.9 Å². The van der Waals surface area contributed by atoms with Gasteiger partial charge in [-0.1, -0.05) is 401 Å². The molecule has 1 atom stereocenters. The highest BCUT2D eigenvalue weighted by atomic mass is 15.0. The van der Waals surface area contributed by atoms with Crippen LogP contribution < -0.4 is 0 Å². The second kappa shape index (κ2) is 34.3. The summed E-state index contributed by atoms with van der Waals surface area (Å²) in [6, 6.07) is 159. The third-order valence-electron chi connectivity index (χ3n) is 25.6. The first kappa shape index (κ1) is 78.5. The Morgan fingerprint density at radius 2 is 0.603 bits per heavy atom. The van der Waals surface area contributed by atoms with Crippen LogP contribution in [0.3, 0.4) is 0 Å². The maximum absolute atomic E-state index is 5.27. The van der Waals surface area contributed by atoms with Gasteiger partial charge in [-0.15, -0.1) is 0 Å². The SMILES string of the molecule is CCC1=Nc2ccccc2C1c1ccc(-c2c3ccccc3c(-c3ccc(-c4ccccc4)cc3)c3ccccc23)cc1.c1ccc(-c2ccc(-c3nc(-c4cc5ccccc5c5ccccc45)cc(-c4cc5ccccc5c5ccccc45)n3)cc2)nc1.c1ccc2cc(-c3nc(-c4ccc(-c5cccc6cccnc56)cc4)nc(-c4ccc5ccccc5c4)n3)ccc2c1. The lowest BCUT2D eigenvalue weighted by molar-refractivity contribution is 1.07. The standard InChI is InChI=1S/C43H27N3.C42H31N.C38H24N4/c1-3-13-32-30(11-1)25-38(36-17-7-5-15-34(32)36)41-27-42(39-26-31-12-2-4-14-33(31)35-16-6-8-18-37(35)39)46-43(45-41)29-22-20-28(21-23-29)40-19-9-10-24-44-40;1-2-38-42(37-18-10-11-19-39(37)43-38)32-26-24-31(25-27-32)41-35-16-8-6-14-33(35)40(34-15-7-9-17-36(34)41)30-22-20-29(21-23-30)28-12-4-3-5-13-28;1-3-9-30-23-32(20-14-25(30)7-1)37-40-36(41-38(42-37)33-21-15-26-8-2-4-10-31(26)24-33)29-18-16-27(17-19-29)34-13-5-11-28-12-6-22-39-35(28)34/h1-27H;3-27,42H,2H2,1H3;1-24H. The van der Waals surface area contributed by atoms with Gasteiger partial charge in [-0.2, -0.15) is 0 Å². The van der Waals surface area contributed by atoms with Crippen LogP contribution in [0.5, 0.6) is 0 Å². The molecule has 4 aromatic heterocycles. The summed E-state index contributed by atoms with van der Waals surface area (Å²) in [5.41, 5.74) is 25.5. The minimum atomic E-state index is 0.227. The number of benzene rings is 20. The van der Waals surface area contributed by atoms with Gasteiger partial charge < -0.3 is 0 Å². The largest absolute Gasteiger partial charge is 0.257 e. The normalized spacial score (nSPS) is 12.3. The second-order valence-electron chi connectivity index (χ2n) is 33.4. The fourth-order valence-electron chi connectivity index (χ4n) is 19.2. The Balaban J connectivity index is 0.000000112. The monoisotopic (exact) mass is 1670 g/mol. The minimum Gasteiger partial charge on any atom is -0.257 e. The van der Waals surface area contributed by atoms with Gasteiger partial charge in [0.15, 0.2) is 23.3 Å². The highest BCUT2D eigenvalue weighted by Crippen LogP contribution is 2.48. The molecule has 20 aromatic carbocycles. The average Bonchev–Trinajstić information content (AvgIpc) is 0.979. The summed E-state index contributed by atoms with van der Waals surface area (Å²) in [4.78, 5) is 39.6. The molecule has 8 heteroatoms. The Bertz CT molecular complexity index is 8250. The molecule has 24 aromatic rings.